The summed E-state index contributed by atoms with van der Waals surface area (Å²) in [7, 11) is 1.56. The van der Waals surface area contributed by atoms with Crippen LogP contribution in [0.15, 0.2) is 18.2 Å². The second kappa shape index (κ2) is 4.68. The molecule has 18 heavy (non-hydrogen) atoms. The molecule has 96 valence electrons. The highest BCUT2D eigenvalue weighted by molar-refractivity contribution is 5.98. The third-order valence-electron chi connectivity index (χ3n) is 3.06. The lowest BCUT2D eigenvalue weighted by molar-refractivity contribution is -0.119. The third-order valence-corrected chi connectivity index (χ3v) is 3.06. The molecule has 5 heteroatoms. The van der Waals surface area contributed by atoms with Crippen LogP contribution in [0.4, 0.5) is 10.5 Å². The molecule has 1 saturated heterocycles. The van der Waals surface area contributed by atoms with E-state index in [1.165, 1.54) is 4.90 Å². The van der Waals surface area contributed by atoms with Crippen molar-refractivity contribution < 1.29 is 14.3 Å². The van der Waals surface area contributed by atoms with Crippen molar-refractivity contribution in [3.05, 3.63) is 29.3 Å². The van der Waals surface area contributed by atoms with Gasteiger partial charge >= 0.3 is 6.09 Å². The SMILES string of the molecule is Cc1ccc(NC(=O)C2COC(=O)N2C)c(C)c1. The van der Waals surface area contributed by atoms with Crippen molar-refractivity contribution >= 4 is 17.7 Å². The van der Waals surface area contributed by atoms with Crippen LogP contribution >= 0.6 is 0 Å². The maximum Gasteiger partial charge on any atom is 0.410 e. The molecule has 0 aromatic heterocycles. The molecule has 1 aromatic carbocycles. The number of cyclic esters (lactones) is 1. The Morgan fingerprint density at radius 1 is 1.44 bits per heavy atom. The van der Waals surface area contributed by atoms with Gasteiger partial charge in [0, 0.05) is 12.7 Å². The number of nitrogens with zero attached hydrogens (tertiary/aromatic N) is 1. The highest BCUT2D eigenvalue weighted by atomic mass is 16.6. The number of rotatable bonds is 2. The molecule has 1 atom stereocenters. The van der Waals surface area contributed by atoms with Crippen molar-refractivity contribution in [1.82, 2.24) is 4.90 Å². The Hall–Kier alpha value is -2.04. The Kier molecular flexibility index (Phi) is 3.23. The first-order chi connectivity index (χ1) is 8.49. The quantitative estimate of drug-likeness (QED) is 0.866. The lowest BCUT2D eigenvalue weighted by atomic mass is 10.1. The van der Waals surface area contributed by atoms with E-state index in [1.54, 1.807) is 7.05 Å². The summed E-state index contributed by atoms with van der Waals surface area (Å²) in [4.78, 5) is 24.5. The second-order valence-electron chi connectivity index (χ2n) is 4.51. The average molecular weight is 248 g/mol. The molecular formula is C13H16N2O3. The number of amides is 2. The normalized spacial score (nSPS) is 18.7. The molecule has 1 fully saturated rings. The molecule has 0 radical (unpaired) electrons. The summed E-state index contributed by atoms with van der Waals surface area (Å²) in [6.07, 6.45) is -0.462. The van der Waals surface area contributed by atoms with Crippen LogP contribution < -0.4 is 5.32 Å². The van der Waals surface area contributed by atoms with Gasteiger partial charge in [0.2, 0.25) is 0 Å². The van der Waals surface area contributed by atoms with Gasteiger partial charge in [0.25, 0.3) is 5.91 Å². The molecule has 1 aliphatic heterocycles. The lowest BCUT2D eigenvalue weighted by Crippen LogP contribution is -2.40. The number of benzene rings is 1. The molecule has 0 saturated carbocycles. The summed E-state index contributed by atoms with van der Waals surface area (Å²) >= 11 is 0. The van der Waals surface area contributed by atoms with Crippen LogP contribution in [0.5, 0.6) is 0 Å². The van der Waals surface area contributed by atoms with Crippen LogP contribution in [0.2, 0.25) is 0 Å². The van der Waals surface area contributed by atoms with Crippen molar-refractivity contribution in [2.45, 2.75) is 19.9 Å². The topological polar surface area (TPSA) is 58.6 Å². The van der Waals surface area contributed by atoms with Gasteiger partial charge < -0.3 is 10.1 Å². The van der Waals surface area contributed by atoms with E-state index in [-0.39, 0.29) is 12.5 Å². The minimum Gasteiger partial charge on any atom is -0.447 e. The van der Waals surface area contributed by atoms with Gasteiger partial charge in [-0.25, -0.2) is 4.79 Å². The summed E-state index contributed by atoms with van der Waals surface area (Å²) in [6, 6.07) is 5.23. The predicted molar refractivity (Wildman–Crippen MR) is 67.4 cm³/mol. The van der Waals surface area contributed by atoms with Crippen molar-refractivity contribution in [2.75, 3.05) is 19.0 Å². The van der Waals surface area contributed by atoms with Crippen molar-refractivity contribution in [2.24, 2.45) is 0 Å². The molecule has 1 aliphatic rings. The van der Waals surface area contributed by atoms with E-state index in [9.17, 15) is 9.59 Å². The van der Waals surface area contributed by atoms with Crippen molar-refractivity contribution in [3.8, 4) is 0 Å². The third kappa shape index (κ3) is 2.30. The number of ether oxygens (including phenoxy) is 1. The zero-order chi connectivity index (χ0) is 13.3. The van der Waals surface area contributed by atoms with Crippen LogP contribution in [-0.2, 0) is 9.53 Å². The molecule has 0 aliphatic carbocycles. The van der Waals surface area contributed by atoms with Gasteiger partial charge in [-0.2, -0.15) is 0 Å². The van der Waals surface area contributed by atoms with E-state index in [1.807, 2.05) is 32.0 Å². The van der Waals surface area contributed by atoms with Gasteiger partial charge in [-0.3, -0.25) is 9.69 Å². The minimum absolute atomic E-state index is 0.103. The number of aryl methyl sites for hydroxylation is 2. The second-order valence-corrected chi connectivity index (χ2v) is 4.51. The first kappa shape index (κ1) is 12.4. The first-order valence-electron chi connectivity index (χ1n) is 5.77. The van der Waals surface area contributed by atoms with Crippen LogP contribution in [0.3, 0.4) is 0 Å². The van der Waals surface area contributed by atoms with E-state index in [4.69, 9.17) is 4.74 Å². The summed E-state index contributed by atoms with van der Waals surface area (Å²) in [5.41, 5.74) is 2.90. The summed E-state index contributed by atoms with van der Waals surface area (Å²) < 4.78 is 4.81. The zero-order valence-electron chi connectivity index (χ0n) is 10.7. The number of anilines is 1. The fourth-order valence-corrected chi connectivity index (χ4v) is 1.91. The molecule has 1 aromatic rings. The Morgan fingerprint density at radius 2 is 2.17 bits per heavy atom. The van der Waals surface area contributed by atoms with Gasteiger partial charge in [-0.05, 0) is 25.5 Å². The molecule has 1 unspecified atom stereocenters. The smallest absolute Gasteiger partial charge is 0.410 e. The van der Waals surface area contributed by atoms with E-state index < -0.39 is 12.1 Å². The van der Waals surface area contributed by atoms with Crippen LogP contribution in [0, 0.1) is 13.8 Å². The molecule has 1 heterocycles. The summed E-state index contributed by atoms with van der Waals surface area (Å²) in [5.74, 6) is -0.227. The Balaban J connectivity index is 2.10. The number of carbonyl (C=O) groups excluding carboxylic acids is 2. The maximum atomic E-state index is 12.0. The minimum atomic E-state index is -0.557. The van der Waals surface area contributed by atoms with E-state index in [0.29, 0.717) is 0 Å². The Labute approximate surface area is 106 Å². The highest BCUT2D eigenvalue weighted by Gasteiger charge is 2.35. The molecule has 2 rings (SSSR count). The van der Waals surface area contributed by atoms with Gasteiger partial charge in [-0.1, -0.05) is 17.7 Å². The number of hydrogen-bond donors (Lipinski definition) is 1. The highest BCUT2D eigenvalue weighted by Crippen LogP contribution is 2.18. The zero-order valence-corrected chi connectivity index (χ0v) is 10.7. The Bertz CT molecular complexity index is 499. The largest absolute Gasteiger partial charge is 0.447 e. The van der Waals surface area contributed by atoms with E-state index in [0.717, 1.165) is 16.8 Å². The van der Waals surface area contributed by atoms with Crippen LogP contribution in [0.25, 0.3) is 0 Å². The van der Waals surface area contributed by atoms with Crippen molar-refractivity contribution in [3.63, 3.8) is 0 Å². The van der Waals surface area contributed by atoms with Crippen molar-refractivity contribution in [1.29, 1.82) is 0 Å². The first-order valence-corrected chi connectivity index (χ1v) is 5.77. The van der Waals surface area contributed by atoms with Crippen LogP contribution in [0.1, 0.15) is 11.1 Å². The fourth-order valence-electron chi connectivity index (χ4n) is 1.91. The summed E-state index contributed by atoms with van der Waals surface area (Å²) in [5, 5.41) is 2.82. The number of likely N-dealkylation sites (N-methyl/N-ethyl adjacent to an activating group) is 1. The number of carbonyl (C=O) groups is 2. The molecule has 2 amide bonds. The molecule has 0 bridgehead atoms. The maximum absolute atomic E-state index is 12.0. The molecule has 1 N–H and O–H groups in total. The molecule has 0 spiro atoms. The fraction of sp³-hybridized carbons (Fsp3) is 0.385. The molecule has 5 nitrogen and oxygen atoms in total. The Morgan fingerprint density at radius 3 is 2.72 bits per heavy atom. The van der Waals surface area contributed by atoms with Crippen LogP contribution in [-0.4, -0.2) is 36.6 Å². The number of hydrogen-bond acceptors (Lipinski definition) is 3. The lowest BCUT2D eigenvalue weighted by Gasteiger charge is -2.16. The predicted octanol–water partition coefficient (Wildman–Crippen LogP) is 1.69. The van der Waals surface area contributed by atoms with E-state index in [2.05, 4.69) is 5.32 Å². The molecular weight excluding hydrogens is 232 g/mol. The van der Waals surface area contributed by atoms with Gasteiger partial charge in [0.15, 0.2) is 0 Å². The van der Waals surface area contributed by atoms with Gasteiger partial charge in [0.1, 0.15) is 12.6 Å². The van der Waals surface area contributed by atoms with E-state index >= 15 is 0 Å². The van der Waals surface area contributed by atoms with Gasteiger partial charge in [-0.15, -0.1) is 0 Å². The monoisotopic (exact) mass is 248 g/mol. The van der Waals surface area contributed by atoms with Gasteiger partial charge in [0.05, 0.1) is 0 Å². The number of nitrogens with one attached hydrogen (secondary N) is 1. The average Bonchev–Trinajstić information content (AvgIpc) is 2.64. The standard InChI is InChI=1S/C13H16N2O3/c1-8-4-5-10(9(2)6-8)14-12(16)11-7-18-13(17)15(11)3/h4-6,11H,7H2,1-3H3,(H,14,16). The summed E-state index contributed by atoms with van der Waals surface area (Å²) in [6.45, 7) is 4.03.